The number of hydrogen-bond acceptors (Lipinski definition) is 5. The molecule has 0 saturated carbocycles. The maximum Gasteiger partial charge on any atom is 0.387 e. The van der Waals surface area contributed by atoms with Crippen molar-refractivity contribution in [2.45, 2.75) is 18.7 Å². The summed E-state index contributed by atoms with van der Waals surface area (Å²) in [5.74, 6) is 0.668. The standard InChI is InChI=1S/C19H18F2N4O2S/c1-12-3-7-14(8-4-12)22-16(26)11-28-19-24-23-17(25(19)2)13-5-9-15(10-6-13)27-18(20)21/h3-10,18H,11H2,1-2H3,(H,22,26). The van der Waals surface area contributed by atoms with Gasteiger partial charge in [0.15, 0.2) is 11.0 Å². The molecule has 0 atom stereocenters. The van der Waals surface area contributed by atoms with Gasteiger partial charge < -0.3 is 14.6 Å². The molecule has 1 N–H and O–H groups in total. The van der Waals surface area contributed by atoms with Crippen LogP contribution in [0.5, 0.6) is 5.75 Å². The van der Waals surface area contributed by atoms with E-state index in [4.69, 9.17) is 0 Å². The fourth-order valence-electron chi connectivity index (χ4n) is 2.44. The van der Waals surface area contributed by atoms with Crippen molar-refractivity contribution in [3.8, 4) is 17.1 Å². The second kappa shape index (κ2) is 8.83. The number of anilines is 1. The molecule has 1 aromatic heterocycles. The van der Waals surface area contributed by atoms with Gasteiger partial charge in [0.1, 0.15) is 5.75 Å². The van der Waals surface area contributed by atoms with Gasteiger partial charge >= 0.3 is 6.61 Å². The summed E-state index contributed by atoms with van der Waals surface area (Å²) in [5.41, 5.74) is 2.56. The predicted molar refractivity (Wildman–Crippen MR) is 104 cm³/mol. The number of carbonyl (C=O) groups excluding carboxylic acids is 1. The van der Waals surface area contributed by atoms with Crippen LogP contribution in [-0.2, 0) is 11.8 Å². The van der Waals surface area contributed by atoms with Crippen molar-refractivity contribution < 1.29 is 18.3 Å². The smallest absolute Gasteiger partial charge is 0.387 e. The molecule has 0 aliphatic carbocycles. The minimum Gasteiger partial charge on any atom is -0.435 e. The highest BCUT2D eigenvalue weighted by molar-refractivity contribution is 7.99. The Morgan fingerprint density at radius 1 is 1.14 bits per heavy atom. The number of amides is 1. The number of alkyl halides is 2. The lowest BCUT2D eigenvalue weighted by molar-refractivity contribution is -0.113. The quantitative estimate of drug-likeness (QED) is 0.600. The first-order valence-electron chi connectivity index (χ1n) is 8.36. The third-order valence-electron chi connectivity index (χ3n) is 3.84. The van der Waals surface area contributed by atoms with Gasteiger partial charge in [0.05, 0.1) is 5.75 Å². The maximum absolute atomic E-state index is 12.2. The van der Waals surface area contributed by atoms with Crippen LogP contribution in [0.1, 0.15) is 5.56 Å². The fraction of sp³-hybridized carbons (Fsp3) is 0.211. The molecule has 2 aromatic carbocycles. The normalized spacial score (nSPS) is 10.9. The number of thioether (sulfide) groups is 1. The Hall–Kier alpha value is -2.94. The van der Waals surface area contributed by atoms with Crippen molar-refractivity contribution in [2.75, 3.05) is 11.1 Å². The van der Waals surface area contributed by atoms with Gasteiger partial charge in [-0.3, -0.25) is 4.79 Å². The zero-order valence-corrected chi connectivity index (χ0v) is 16.0. The summed E-state index contributed by atoms with van der Waals surface area (Å²) in [6.07, 6.45) is 0. The molecule has 0 unspecified atom stereocenters. The summed E-state index contributed by atoms with van der Waals surface area (Å²) in [7, 11) is 1.78. The van der Waals surface area contributed by atoms with Crippen molar-refractivity contribution in [1.82, 2.24) is 14.8 Å². The van der Waals surface area contributed by atoms with E-state index >= 15 is 0 Å². The minimum absolute atomic E-state index is 0.0725. The van der Waals surface area contributed by atoms with Crippen LogP contribution in [0.15, 0.2) is 53.7 Å². The Morgan fingerprint density at radius 3 is 2.46 bits per heavy atom. The molecule has 6 nitrogen and oxygen atoms in total. The van der Waals surface area contributed by atoms with Crippen LogP contribution < -0.4 is 10.1 Å². The van der Waals surface area contributed by atoms with Gasteiger partial charge in [-0.2, -0.15) is 8.78 Å². The molecule has 0 fully saturated rings. The number of aromatic nitrogens is 3. The first-order valence-corrected chi connectivity index (χ1v) is 9.35. The van der Waals surface area contributed by atoms with Gasteiger partial charge in [0.2, 0.25) is 5.91 Å². The third-order valence-corrected chi connectivity index (χ3v) is 4.86. The SMILES string of the molecule is Cc1ccc(NC(=O)CSc2nnc(-c3ccc(OC(F)F)cc3)n2C)cc1. The van der Waals surface area contributed by atoms with E-state index in [9.17, 15) is 13.6 Å². The molecule has 0 aliphatic rings. The Bertz CT molecular complexity index is 944. The number of rotatable bonds is 7. The summed E-state index contributed by atoms with van der Waals surface area (Å²) in [6, 6.07) is 13.7. The minimum atomic E-state index is -2.87. The first-order chi connectivity index (χ1) is 13.4. The van der Waals surface area contributed by atoms with Crippen LogP contribution in [0, 0.1) is 6.92 Å². The van der Waals surface area contributed by atoms with Crippen LogP contribution in [0.3, 0.4) is 0 Å². The molecule has 1 heterocycles. The molecule has 3 rings (SSSR count). The second-order valence-electron chi connectivity index (χ2n) is 5.97. The Kier molecular flexibility index (Phi) is 6.25. The predicted octanol–water partition coefficient (Wildman–Crippen LogP) is 4.12. The number of ether oxygens (including phenoxy) is 1. The highest BCUT2D eigenvalue weighted by atomic mass is 32.2. The number of hydrogen-bond donors (Lipinski definition) is 1. The van der Waals surface area contributed by atoms with Gasteiger partial charge in [0.25, 0.3) is 0 Å². The maximum atomic E-state index is 12.2. The molecule has 0 spiro atoms. The van der Waals surface area contributed by atoms with Crippen molar-refractivity contribution in [3.05, 3.63) is 54.1 Å². The highest BCUT2D eigenvalue weighted by Crippen LogP contribution is 2.25. The number of benzene rings is 2. The largest absolute Gasteiger partial charge is 0.435 e. The summed E-state index contributed by atoms with van der Waals surface area (Å²) >= 11 is 1.26. The number of halogens is 2. The van der Waals surface area contributed by atoms with E-state index in [1.807, 2.05) is 31.2 Å². The van der Waals surface area contributed by atoms with Gasteiger partial charge in [-0.05, 0) is 43.3 Å². The van der Waals surface area contributed by atoms with E-state index < -0.39 is 6.61 Å². The summed E-state index contributed by atoms with van der Waals surface area (Å²) in [5, 5.41) is 11.6. The molecule has 0 radical (unpaired) electrons. The average Bonchev–Trinajstić information content (AvgIpc) is 3.03. The first kappa shape index (κ1) is 19.8. The van der Waals surface area contributed by atoms with E-state index in [0.717, 1.165) is 11.3 Å². The summed E-state index contributed by atoms with van der Waals surface area (Å²) in [6.45, 7) is -0.887. The Balaban J connectivity index is 1.61. The molecule has 3 aromatic rings. The molecule has 0 saturated heterocycles. The molecule has 146 valence electrons. The molecular weight excluding hydrogens is 386 g/mol. The third kappa shape index (κ3) is 5.07. The molecule has 1 amide bonds. The summed E-state index contributed by atoms with van der Waals surface area (Å²) < 4.78 is 30.5. The van der Waals surface area contributed by atoms with Gasteiger partial charge in [-0.25, -0.2) is 0 Å². The van der Waals surface area contributed by atoms with Crippen LogP contribution in [0.4, 0.5) is 14.5 Å². The van der Waals surface area contributed by atoms with Crippen molar-refractivity contribution in [3.63, 3.8) is 0 Å². The van der Waals surface area contributed by atoms with Crippen molar-refractivity contribution in [2.24, 2.45) is 7.05 Å². The number of aryl methyl sites for hydroxylation is 1. The Labute approximate surface area is 164 Å². The van der Waals surface area contributed by atoms with E-state index in [1.54, 1.807) is 23.7 Å². The van der Waals surface area contributed by atoms with E-state index in [2.05, 4.69) is 20.3 Å². The van der Waals surface area contributed by atoms with E-state index in [-0.39, 0.29) is 17.4 Å². The van der Waals surface area contributed by atoms with Crippen molar-refractivity contribution in [1.29, 1.82) is 0 Å². The van der Waals surface area contributed by atoms with E-state index in [0.29, 0.717) is 16.5 Å². The van der Waals surface area contributed by atoms with Crippen LogP contribution in [0.2, 0.25) is 0 Å². The molecular formula is C19H18F2N4O2S. The topological polar surface area (TPSA) is 69.0 Å². The zero-order chi connectivity index (χ0) is 20.1. The van der Waals surface area contributed by atoms with Gasteiger partial charge in [-0.15, -0.1) is 10.2 Å². The Morgan fingerprint density at radius 2 is 1.82 bits per heavy atom. The summed E-state index contributed by atoms with van der Waals surface area (Å²) in [4.78, 5) is 12.1. The lowest BCUT2D eigenvalue weighted by Crippen LogP contribution is -2.14. The molecule has 28 heavy (non-hydrogen) atoms. The number of nitrogens with zero attached hydrogens (tertiary/aromatic N) is 3. The zero-order valence-electron chi connectivity index (χ0n) is 15.2. The van der Waals surface area contributed by atoms with Crippen LogP contribution in [0.25, 0.3) is 11.4 Å². The highest BCUT2D eigenvalue weighted by Gasteiger charge is 2.14. The lowest BCUT2D eigenvalue weighted by atomic mass is 10.2. The molecule has 0 bridgehead atoms. The lowest BCUT2D eigenvalue weighted by Gasteiger charge is -2.07. The monoisotopic (exact) mass is 404 g/mol. The number of nitrogens with one attached hydrogen (secondary N) is 1. The number of carbonyl (C=O) groups is 1. The van der Waals surface area contributed by atoms with Crippen molar-refractivity contribution >= 4 is 23.4 Å². The molecule has 9 heteroatoms. The van der Waals surface area contributed by atoms with Gasteiger partial charge in [-0.1, -0.05) is 29.5 Å². The molecule has 0 aliphatic heterocycles. The van der Waals surface area contributed by atoms with Crippen LogP contribution in [-0.4, -0.2) is 33.0 Å². The van der Waals surface area contributed by atoms with Gasteiger partial charge in [0, 0.05) is 18.3 Å². The van der Waals surface area contributed by atoms with E-state index in [1.165, 1.54) is 23.9 Å². The van der Waals surface area contributed by atoms with Crippen LogP contribution >= 0.6 is 11.8 Å². The second-order valence-corrected chi connectivity index (χ2v) is 6.91. The fourth-order valence-corrected chi connectivity index (χ4v) is 3.15. The average molecular weight is 404 g/mol.